The fourth-order valence-corrected chi connectivity index (χ4v) is 7.14. The van der Waals surface area contributed by atoms with Crippen LogP contribution >= 0.6 is 0 Å². The van der Waals surface area contributed by atoms with Gasteiger partial charge in [-0.25, -0.2) is 0 Å². The number of unbranched alkanes of at least 4 members (excludes halogenated alkanes) is 15. The molecule has 6 N–H and O–H groups in total. The molecule has 350 valence electrons. The molecule has 9 heteroatoms. The maximum absolute atomic E-state index is 13.0. The van der Waals surface area contributed by atoms with E-state index in [2.05, 4.69) is 104 Å². The summed E-state index contributed by atoms with van der Waals surface area (Å²) >= 11 is 0. The van der Waals surface area contributed by atoms with Crippen LogP contribution in [0.3, 0.4) is 0 Å². The van der Waals surface area contributed by atoms with Gasteiger partial charge in [0.1, 0.15) is 24.4 Å². The van der Waals surface area contributed by atoms with E-state index in [0.717, 1.165) is 96.3 Å². The number of hydrogen-bond acceptors (Lipinski definition) is 8. The molecule has 1 heterocycles. The fraction of sp³-hybridized carbons (Fsp3) is 0.712. The van der Waals surface area contributed by atoms with Gasteiger partial charge in [0.25, 0.3) is 0 Å². The van der Waals surface area contributed by atoms with E-state index in [0.29, 0.717) is 12.8 Å². The highest BCUT2D eigenvalue weighted by Gasteiger charge is 2.44. The van der Waals surface area contributed by atoms with Crippen LogP contribution in [0.5, 0.6) is 0 Å². The van der Waals surface area contributed by atoms with E-state index in [9.17, 15) is 30.3 Å². The highest BCUT2D eigenvalue weighted by atomic mass is 16.7. The molecule has 61 heavy (non-hydrogen) atoms. The van der Waals surface area contributed by atoms with E-state index in [1.807, 2.05) is 0 Å². The molecule has 1 amide bonds. The van der Waals surface area contributed by atoms with Gasteiger partial charge in [0.2, 0.25) is 5.91 Å². The largest absolute Gasteiger partial charge is 0.394 e. The first-order valence-corrected chi connectivity index (χ1v) is 24.3. The number of aliphatic hydroxyl groups excluding tert-OH is 5. The number of nitrogens with one attached hydrogen (secondary N) is 1. The number of ether oxygens (including phenoxy) is 2. The van der Waals surface area contributed by atoms with Gasteiger partial charge in [-0.3, -0.25) is 4.79 Å². The van der Waals surface area contributed by atoms with Crippen LogP contribution in [0.1, 0.15) is 181 Å². The third-order valence-electron chi connectivity index (χ3n) is 11.0. The Labute approximate surface area is 371 Å². The molecule has 1 aliphatic heterocycles. The smallest absolute Gasteiger partial charge is 0.220 e. The van der Waals surface area contributed by atoms with Gasteiger partial charge >= 0.3 is 0 Å². The minimum atomic E-state index is -1.56. The molecule has 1 fully saturated rings. The topological polar surface area (TPSA) is 149 Å². The van der Waals surface area contributed by atoms with Crippen molar-refractivity contribution in [1.29, 1.82) is 0 Å². The molecule has 0 aromatic rings. The Kier molecular flexibility index (Phi) is 38.3. The quantitative estimate of drug-likeness (QED) is 0.0264. The molecule has 9 nitrogen and oxygen atoms in total. The zero-order valence-corrected chi connectivity index (χ0v) is 38.4. The van der Waals surface area contributed by atoms with E-state index >= 15 is 0 Å². The zero-order valence-electron chi connectivity index (χ0n) is 38.4. The summed E-state index contributed by atoms with van der Waals surface area (Å²) in [4.78, 5) is 13.0. The Hall–Kier alpha value is -2.63. The number of allylic oxidation sites excluding steroid dienone is 14. The van der Waals surface area contributed by atoms with Crippen molar-refractivity contribution in [2.45, 2.75) is 224 Å². The minimum absolute atomic E-state index is 0.148. The molecule has 0 spiro atoms. The van der Waals surface area contributed by atoms with Gasteiger partial charge < -0.3 is 40.3 Å². The summed E-state index contributed by atoms with van der Waals surface area (Å²) in [5.41, 5.74) is 0. The SMILES string of the molecule is CC/C=C\C/C=C\C/C=C\C/C=C\C/C=C\C/C=C\C/C=C\CCCCCCCCCC(=O)NC(COC1OC(CO)C(O)C(O)C1O)C(O)CCCCCCCCCCC. The van der Waals surface area contributed by atoms with E-state index in [1.54, 1.807) is 0 Å². The third kappa shape index (κ3) is 31.8. The van der Waals surface area contributed by atoms with Crippen LogP contribution in [-0.4, -0.2) is 87.5 Å². The van der Waals surface area contributed by atoms with Crippen LogP contribution in [0.2, 0.25) is 0 Å². The average Bonchev–Trinajstić information content (AvgIpc) is 3.26. The second-order valence-corrected chi connectivity index (χ2v) is 16.5. The number of carbonyl (C=O) groups excluding carboxylic acids is 1. The van der Waals surface area contributed by atoms with Crippen molar-refractivity contribution in [2.75, 3.05) is 13.2 Å². The Morgan fingerprint density at radius 3 is 1.51 bits per heavy atom. The maximum Gasteiger partial charge on any atom is 0.220 e. The molecule has 1 saturated heterocycles. The second kappa shape index (κ2) is 41.4. The first-order chi connectivity index (χ1) is 29.8. The van der Waals surface area contributed by atoms with Crippen molar-refractivity contribution in [3.8, 4) is 0 Å². The van der Waals surface area contributed by atoms with Gasteiger partial charge in [0.05, 0.1) is 25.4 Å². The van der Waals surface area contributed by atoms with Gasteiger partial charge in [-0.15, -0.1) is 0 Å². The van der Waals surface area contributed by atoms with E-state index < -0.39 is 49.5 Å². The number of carbonyl (C=O) groups is 1. The van der Waals surface area contributed by atoms with Crippen LogP contribution in [0.4, 0.5) is 0 Å². The average molecular weight is 856 g/mol. The van der Waals surface area contributed by atoms with Gasteiger partial charge in [0.15, 0.2) is 6.29 Å². The molecule has 1 aliphatic rings. The molecule has 0 aromatic heterocycles. The summed E-state index contributed by atoms with van der Waals surface area (Å²) in [5, 5.41) is 54.2. The van der Waals surface area contributed by atoms with E-state index in [4.69, 9.17) is 9.47 Å². The van der Waals surface area contributed by atoms with Crippen molar-refractivity contribution in [3.05, 3.63) is 85.1 Å². The maximum atomic E-state index is 13.0. The van der Waals surface area contributed by atoms with Crippen molar-refractivity contribution in [3.63, 3.8) is 0 Å². The lowest BCUT2D eigenvalue weighted by Crippen LogP contribution is -2.60. The summed E-state index contributed by atoms with van der Waals surface area (Å²) in [5.74, 6) is -0.163. The number of amides is 1. The number of aliphatic hydroxyl groups is 5. The highest BCUT2D eigenvalue weighted by Crippen LogP contribution is 2.23. The second-order valence-electron chi connectivity index (χ2n) is 16.5. The predicted molar refractivity (Wildman–Crippen MR) is 253 cm³/mol. The lowest BCUT2D eigenvalue weighted by molar-refractivity contribution is -0.302. The molecule has 0 radical (unpaired) electrons. The summed E-state index contributed by atoms with van der Waals surface area (Å²) in [6.45, 7) is 3.67. The molecule has 1 rings (SSSR count). The highest BCUT2D eigenvalue weighted by molar-refractivity contribution is 5.76. The standard InChI is InChI=1S/C52H89NO8/c1-3-5-7-9-11-13-14-15-16-17-18-19-20-21-22-23-24-25-26-27-28-29-30-31-32-34-36-38-40-42-48(56)53-45(46(55)41-39-37-35-33-12-10-8-6-4-2)44-60-52-51(59)50(58)49(57)47(43-54)61-52/h5,7,11,13,15-16,18-19,21-22,24-25,27-28,45-47,49-52,54-55,57-59H,3-4,6,8-10,12,14,17,20,23,26,29-44H2,1-2H3,(H,53,56)/b7-5-,13-11-,16-15-,19-18-,22-21-,25-24-,28-27-. The lowest BCUT2D eigenvalue weighted by Gasteiger charge is -2.40. The van der Waals surface area contributed by atoms with Gasteiger partial charge in [0, 0.05) is 6.42 Å². The van der Waals surface area contributed by atoms with Crippen LogP contribution in [0.15, 0.2) is 85.1 Å². The summed E-state index contributed by atoms with van der Waals surface area (Å²) < 4.78 is 11.2. The molecular weight excluding hydrogens is 767 g/mol. The number of rotatable bonds is 39. The van der Waals surface area contributed by atoms with Gasteiger partial charge in [-0.1, -0.05) is 189 Å². The molecule has 7 atom stereocenters. The van der Waals surface area contributed by atoms with Gasteiger partial charge in [-0.05, 0) is 70.6 Å². The Bertz CT molecular complexity index is 1220. The zero-order chi connectivity index (χ0) is 44.4. The van der Waals surface area contributed by atoms with E-state index in [-0.39, 0.29) is 12.5 Å². The molecular formula is C52H89NO8. The summed E-state index contributed by atoms with van der Waals surface area (Å²) in [6.07, 6.45) is 50.3. The summed E-state index contributed by atoms with van der Waals surface area (Å²) in [7, 11) is 0. The first-order valence-electron chi connectivity index (χ1n) is 24.3. The van der Waals surface area contributed by atoms with Crippen molar-refractivity contribution < 1.29 is 39.8 Å². The van der Waals surface area contributed by atoms with E-state index in [1.165, 1.54) is 57.8 Å². The van der Waals surface area contributed by atoms with Crippen LogP contribution in [0.25, 0.3) is 0 Å². The van der Waals surface area contributed by atoms with Crippen molar-refractivity contribution in [2.24, 2.45) is 0 Å². The normalized spacial score (nSPS) is 21.2. The Morgan fingerprint density at radius 1 is 0.574 bits per heavy atom. The molecule has 0 aromatic carbocycles. The lowest BCUT2D eigenvalue weighted by atomic mass is 9.99. The summed E-state index contributed by atoms with van der Waals surface area (Å²) in [6, 6.07) is -0.728. The molecule has 0 saturated carbocycles. The minimum Gasteiger partial charge on any atom is -0.394 e. The van der Waals surface area contributed by atoms with Crippen molar-refractivity contribution in [1.82, 2.24) is 5.32 Å². The monoisotopic (exact) mass is 856 g/mol. The Balaban J connectivity index is 2.22. The molecule has 0 bridgehead atoms. The first kappa shape index (κ1) is 56.4. The third-order valence-corrected chi connectivity index (χ3v) is 11.0. The fourth-order valence-electron chi connectivity index (χ4n) is 7.14. The van der Waals surface area contributed by atoms with Crippen molar-refractivity contribution >= 4 is 5.91 Å². The van der Waals surface area contributed by atoms with Crippen LogP contribution in [0, 0.1) is 0 Å². The van der Waals surface area contributed by atoms with Crippen LogP contribution < -0.4 is 5.32 Å². The predicted octanol–water partition coefficient (Wildman–Crippen LogP) is 10.7. The van der Waals surface area contributed by atoms with Gasteiger partial charge in [-0.2, -0.15) is 0 Å². The molecule has 0 aliphatic carbocycles. The Morgan fingerprint density at radius 2 is 1.02 bits per heavy atom. The number of hydrogen-bond donors (Lipinski definition) is 6. The molecule has 7 unspecified atom stereocenters. The van der Waals surface area contributed by atoms with Crippen LogP contribution in [-0.2, 0) is 14.3 Å².